The third-order valence-corrected chi connectivity index (χ3v) is 5.31. The first kappa shape index (κ1) is 25.5. The summed E-state index contributed by atoms with van der Waals surface area (Å²) in [6.07, 6.45) is -5.04. The zero-order valence-electron chi connectivity index (χ0n) is 18.0. The van der Waals surface area contributed by atoms with Crippen LogP contribution in [0.15, 0.2) is 12.1 Å². The van der Waals surface area contributed by atoms with Crippen LogP contribution in [0.2, 0.25) is 0 Å². The number of nitrogens with one attached hydrogen (secondary N) is 2. The van der Waals surface area contributed by atoms with Crippen LogP contribution in [0.1, 0.15) is 12.8 Å². The summed E-state index contributed by atoms with van der Waals surface area (Å²) in [5.41, 5.74) is 2.38. The van der Waals surface area contributed by atoms with E-state index in [1.54, 1.807) is 0 Å². The summed E-state index contributed by atoms with van der Waals surface area (Å²) < 4.78 is 71.7. The fourth-order valence-corrected chi connectivity index (χ4v) is 3.66. The number of cyclic esters (lactones) is 1. The molecule has 2 heterocycles. The first-order chi connectivity index (χ1) is 16.2. The van der Waals surface area contributed by atoms with E-state index in [4.69, 9.17) is 4.74 Å². The number of ether oxygens (including phenoxy) is 1. The van der Waals surface area contributed by atoms with Crippen molar-refractivity contribution in [1.29, 1.82) is 0 Å². The highest BCUT2D eigenvalue weighted by Gasteiger charge is 2.34. The van der Waals surface area contributed by atoms with Crippen LogP contribution in [0.25, 0.3) is 0 Å². The van der Waals surface area contributed by atoms with Crippen molar-refractivity contribution in [1.82, 2.24) is 15.8 Å². The number of hydrogen-bond acceptors (Lipinski definition) is 6. The van der Waals surface area contributed by atoms with Gasteiger partial charge in [-0.1, -0.05) is 0 Å². The average Bonchev–Trinajstić information content (AvgIpc) is 3.00. The molecule has 2 saturated heterocycles. The van der Waals surface area contributed by atoms with Gasteiger partial charge in [0.25, 0.3) is 5.91 Å². The molecule has 1 aromatic carbocycles. The van der Waals surface area contributed by atoms with Gasteiger partial charge in [0.05, 0.1) is 32.0 Å². The number of carbonyl (C=O) groups is 3. The van der Waals surface area contributed by atoms with Crippen LogP contribution in [-0.4, -0.2) is 81.4 Å². The third kappa shape index (κ3) is 6.04. The van der Waals surface area contributed by atoms with E-state index in [0.29, 0.717) is 0 Å². The molecule has 0 aromatic heterocycles. The lowest BCUT2D eigenvalue weighted by Crippen LogP contribution is -2.43. The molecule has 0 saturated carbocycles. The van der Waals surface area contributed by atoms with Crippen molar-refractivity contribution >= 4 is 29.3 Å². The standard InChI is InChI=1S/C20H24F5N5O4/c21-3-1-2-16(31)30-7-6-28(5-4-27-30)17-14(22)8-12(9-15(17)23)29-11-13(34-20(29)33)10-26-19(32)18(24)25/h8-9,13,18,27H,1-7,10-11H2,(H,26,32)/t13-/m0/s1. The number of carbonyl (C=O) groups excluding carboxylic acids is 3. The first-order valence-electron chi connectivity index (χ1n) is 10.6. The van der Waals surface area contributed by atoms with Gasteiger partial charge in [0, 0.05) is 38.2 Å². The van der Waals surface area contributed by atoms with E-state index in [9.17, 15) is 36.3 Å². The number of amides is 3. The maximum Gasteiger partial charge on any atom is 0.414 e. The van der Waals surface area contributed by atoms with Gasteiger partial charge >= 0.3 is 12.5 Å². The molecule has 9 nitrogen and oxygen atoms in total. The molecule has 1 aromatic rings. The van der Waals surface area contributed by atoms with E-state index in [-0.39, 0.29) is 69.4 Å². The number of benzene rings is 1. The highest BCUT2D eigenvalue weighted by atomic mass is 19.3. The highest BCUT2D eigenvalue weighted by molar-refractivity contribution is 5.90. The predicted molar refractivity (Wildman–Crippen MR) is 110 cm³/mol. The van der Waals surface area contributed by atoms with E-state index < -0.39 is 42.8 Å². The molecule has 3 rings (SSSR count). The summed E-state index contributed by atoms with van der Waals surface area (Å²) >= 11 is 0. The minimum Gasteiger partial charge on any atom is -0.442 e. The Morgan fingerprint density at radius 2 is 1.88 bits per heavy atom. The number of halogens is 5. The van der Waals surface area contributed by atoms with Gasteiger partial charge in [0.1, 0.15) is 11.8 Å². The Balaban J connectivity index is 1.66. The molecule has 2 aliphatic rings. The zero-order valence-corrected chi connectivity index (χ0v) is 18.0. The van der Waals surface area contributed by atoms with Crippen LogP contribution in [0.5, 0.6) is 0 Å². The minimum absolute atomic E-state index is 0.0136. The fraction of sp³-hybridized carbons (Fsp3) is 0.550. The summed E-state index contributed by atoms with van der Waals surface area (Å²) in [7, 11) is 0. The van der Waals surface area contributed by atoms with Crippen LogP contribution < -0.4 is 20.5 Å². The quantitative estimate of drug-likeness (QED) is 0.535. The van der Waals surface area contributed by atoms with Crippen LogP contribution in [0.3, 0.4) is 0 Å². The lowest BCUT2D eigenvalue weighted by Gasteiger charge is -2.25. The molecule has 1 atom stereocenters. The van der Waals surface area contributed by atoms with Crippen molar-refractivity contribution in [3.63, 3.8) is 0 Å². The van der Waals surface area contributed by atoms with Gasteiger partial charge in [-0.3, -0.25) is 23.9 Å². The van der Waals surface area contributed by atoms with Crippen molar-refractivity contribution in [2.24, 2.45) is 0 Å². The highest BCUT2D eigenvalue weighted by Crippen LogP contribution is 2.31. The molecule has 0 radical (unpaired) electrons. The van der Waals surface area contributed by atoms with Gasteiger partial charge < -0.3 is 15.0 Å². The molecule has 3 amide bonds. The lowest BCUT2D eigenvalue weighted by molar-refractivity contribution is -0.134. The Hall–Kier alpha value is -3.16. The van der Waals surface area contributed by atoms with Crippen LogP contribution in [0, 0.1) is 11.6 Å². The minimum atomic E-state index is -3.22. The number of hydrazine groups is 1. The van der Waals surface area contributed by atoms with Crippen molar-refractivity contribution < 1.29 is 41.1 Å². The third-order valence-electron chi connectivity index (χ3n) is 5.31. The molecular formula is C20H24F5N5O4. The van der Waals surface area contributed by atoms with E-state index >= 15 is 0 Å². The molecule has 2 fully saturated rings. The Bertz CT molecular complexity index is 898. The first-order valence-corrected chi connectivity index (χ1v) is 10.6. The Kier molecular flexibility index (Phi) is 8.47. The van der Waals surface area contributed by atoms with Gasteiger partial charge in [0.2, 0.25) is 5.91 Å². The normalized spacial score (nSPS) is 18.8. The maximum absolute atomic E-state index is 14.9. The number of anilines is 2. The molecule has 0 spiro atoms. The fourth-order valence-electron chi connectivity index (χ4n) is 3.66. The average molecular weight is 493 g/mol. The van der Waals surface area contributed by atoms with Crippen molar-refractivity contribution in [3.05, 3.63) is 23.8 Å². The largest absolute Gasteiger partial charge is 0.442 e. The second-order valence-corrected chi connectivity index (χ2v) is 7.65. The molecule has 14 heteroatoms. The second-order valence-electron chi connectivity index (χ2n) is 7.65. The van der Waals surface area contributed by atoms with Crippen LogP contribution >= 0.6 is 0 Å². The predicted octanol–water partition coefficient (Wildman–Crippen LogP) is 1.57. The van der Waals surface area contributed by atoms with Gasteiger partial charge in [-0.05, 0) is 6.42 Å². The zero-order chi connectivity index (χ0) is 24.8. The smallest absolute Gasteiger partial charge is 0.414 e. The topological polar surface area (TPSA) is 94.2 Å². The van der Waals surface area contributed by atoms with Crippen LogP contribution in [-0.2, 0) is 14.3 Å². The molecule has 0 unspecified atom stereocenters. The van der Waals surface area contributed by atoms with E-state index in [0.717, 1.165) is 17.0 Å². The van der Waals surface area contributed by atoms with Gasteiger partial charge in [-0.2, -0.15) is 8.78 Å². The van der Waals surface area contributed by atoms with Gasteiger partial charge in [-0.25, -0.2) is 19.0 Å². The molecule has 34 heavy (non-hydrogen) atoms. The number of rotatable bonds is 8. The van der Waals surface area contributed by atoms with Crippen molar-refractivity contribution in [2.75, 3.05) is 55.7 Å². The Morgan fingerprint density at radius 3 is 2.53 bits per heavy atom. The Labute approximate surface area is 191 Å². The van der Waals surface area contributed by atoms with Crippen LogP contribution in [0.4, 0.5) is 38.1 Å². The monoisotopic (exact) mass is 493 g/mol. The molecule has 2 aliphatic heterocycles. The summed E-state index contributed by atoms with van der Waals surface area (Å²) in [5, 5.41) is 3.22. The van der Waals surface area contributed by atoms with Gasteiger partial charge in [-0.15, -0.1) is 0 Å². The van der Waals surface area contributed by atoms with Crippen molar-refractivity contribution in [2.45, 2.75) is 25.4 Å². The molecule has 0 bridgehead atoms. The number of hydrogen-bond donors (Lipinski definition) is 2. The SMILES string of the molecule is O=C(NC[C@H]1CN(c2cc(F)c(N3CCNN(C(=O)CCCF)CC3)c(F)c2)C(=O)O1)C(F)F. The lowest BCUT2D eigenvalue weighted by atomic mass is 10.2. The second kappa shape index (κ2) is 11.3. The molecule has 188 valence electrons. The number of alkyl halides is 3. The summed E-state index contributed by atoms with van der Waals surface area (Å²) in [5.74, 6) is -3.74. The summed E-state index contributed by atoms with van der Waals surface area (Å²) in [4.78, 5) is 37.5. The maximum atomic E-state index is 14.9. The van der Waals surface area contributed by atoms with E-state index in [2.05, 4.69) is 5.43 Å². The molecule has 0 aliphatic carbocycles. The van der Waals surface area contributed by atoms with Crippen molar-refractivity contribution in [3.8, 4) is 0 Å². The Morgan fingerprint density at radius 1 is 1.18 bits per heavy atom. The summed E-state index contributed by atoms with van der Waals surface area (Å²) in [6.45, 7) is -0.580. The van der Waals surface area contributed by atoms with E-state index in [1.165, 1.54) is 9.91 Å². The van der Waals surface area contributed by atoms with E-state index in [1.807, 2.05) is 5.32 Å². The van der Waals surface area contributed by atoms with Gasteiger partial charge in [0.15, 0.2) is 11.6 Å². The molecule has 2 N–H and O–H groups in total. The number of nitrogens with zero attached hydrogens (tertiary/aromatic N) is 3. The molecular weight excluding hydrogens is 469 g/mol. The summed E-state index contributed by atoms with van der Waals surface area (Å²) in [6, 6.07) is 1.89.